The van der Waals surface area contributed by atoms with Gasteiger partial charge in [0.15, 0.2) is 5.76 Å². The zero-order chi connectivity index (χ0) is 15.5. The molecule has 0 aliphatic carbocycles. The van der Waals surface area contributed by atoms with Crippen LogP contribution in [0.25, 0.3) is 6.08 Å². The summed E-state index contributed by atoms with van der Waals surface area (Å²) in [5, 5.41) is 0. The molecule has 0 saturated heterocycles. The van der Waals surface area contributed by atoms with Gasteiger partial charge in [-0.2, -0.15) is 0 Å². The van der Waals surface area contributed by atoms with Crippen LogP contribution in [-0.4, -0.2) is 11.8 Å². The van der Waals surface area contributed by atoms with E-state index in [4.69, 9.17) is 9.47 Å². The summed E-state index contributed by atoms with van der Waals surface area (Å²) in [6.45, 7) is 1.72. The van der Waals surface area contributed by atoms with Gasteiger partial charge in [-0.15, -0.1) is 0 Å². The summed E-state index contributed by atoms with van der Waals surface area (Å²) in [6, 6.07) is 14.2. The fourth-order valence-electron chi connectivity index (χ4n) is 2.13. The quantitative estimate of drug-likeness (QED) is 0.493. The number of esters is 1. The van der Waals surface area contributed by atoms with E-state index in [2.05, 4.69) is 0 Å². The van der Waals surface area contributed by atoms with Gasteiger partial charge in [0.2, 0.25) is 5.78 Å². The summed E-state index contributed by atoms with van der Waals surface area (Å²) in [5.74, 6) is 0.546. The summed E-state index contributed by atoms with van der Waals surface area (Å²) in [5.41, 5.74) is 1.36. The molecule has 1 aliphatic heterocycles. The Balaban J connectivity index is 1.87. The summed E-state index contributed by atoms with van der Waals surface area (Å²) in [6.07, 6.45) is 1.98. The van der Waals surface area contributed by atoms with Gasteiger partial charge in [0.05, 0.1) is 5.56 Å². The van der Waals surface area contributed by atoms with Gasteiger partial charge < -0.3 is 9.47 Å². The number of carbonyl (C=O) groups is 2. The maximum absolute atomic E-state index is 12.3. The molecule has 1 heterocycles. The summed E-state index contributed by atoms with van der Waals surface area (Å²) >= 11 is 0. The van der Waals surface area contributed by atoms with E-state index < -0.39 is 0 Å². The van der Waals surface area contributed by atoms with Crippen LogP contribution in [0, 0.1) is 0 Å². The molecule has 0 radical (unpaired) electrons. The molecule has 110 valence electrons. The number of benzene rings is 2. The largest absolute Gasteiger partial charge is 0.452 e. The minimum Gasteiger partial charge on any atom is -0.452 e. The molecule has 0 atom stereocenters. The Bertz CT molecular complexity index is 760. The van der Waals surface area contributed by atoms with Gasteiger partial charge in [0, 0.05) is 12.5 Å². The highest BCUT2D eigenvalue weighted by Gasteiger charge is 2.27. The zero-order valence-corrected chi connectivity index (χ0v) is 12.0. The van der Waals surface area contributed by atoms with Crippen LogP contribution < -0.4 is 9.47 Å². The summed E-state index contributed by atoms with van der Waals surface area (Å²) in [7, 11) is 0. The van der Waals surface area contributed by atoms with Gasteiger partial charge in [0.25, 0.3) is 0 Å². The molecule has 4 nitrogen and oxygen atoms in total. The van der Waals surface area contributed by atoms with Crippen LogP contribution in [0.2, 0.25) is 0 Å². The van der Waals surface area contributed by atoms with E-state index in [0.29, 0.717) is 17.1 Å². The Morgan fingerprint density at radius 3 is 2.68 bits per heavy atom. The first-order chi connectivity index (χ1) is 10.7. The molecule has 0 bridgehead atoms. The summed E-state index contributed by atoms with van der Waals surface area (Å²) in [4.78, 5) is 23.6. The van der Waals surface area contributed by atoms with E-state index in [9.17, 15) is 9.59 Å². The fraction of sp³-hybridized carbons (Fsp3) is 0.111. The molecule has 0 N–H and O–H groups in total. The van der Waals surface area contributed by atoms with Gasteiger partial charge >= 0.3 is 5.97 Å². The number of allylic oxidation sites excluding steroid dienone is 1. The van der Waals surface area contributed by atoms with Crippen LogP contribution in [-0.2, 0) is 4.79 Å². The zero-order valence-electron chi connectivity index (χ0n) is 12.0. The first kappa shape index (κ1) is 14.1. The highest BCUT2D eigenvalue weighted by atomic mass is 16.5. The minimum absolute atomic E-state index is 0.174. The van der Waals surface area contributed by atoms with Gasteiger partial charge in [-0.1, -0.05) is 37.3 Å². The predicted octanol–water partition coefficient (Wildman–Crippen LogP) is 3.62. The monoisotopic (exact) mass is 294 g/mol. The molecule has 4 heteroatoms. The number of hydrogen-bond acceptors (Lipinski definition) is 4. The average Bonchev–Trinajstić information content (AvgIpc) is 2.84. The molecule has 2 aromatic carbocycles. The molecular weight excluding hydrogens is 280 g/mol. The Kier molecular flexibility index (Phi) is 3.74. The van der Waals surface area contributed by atoms with Crippen LogP contribution in [0.15, 0.2) is 54.3 Å². The first-order valence-electron chi connectivity index (χ1n) is 7.01. The number of fused-ring (bicyclic) bond motifs is 1. The number of carbonyl (C=O) groups excluding carboxylic acids is 2. The number of hydrogen-bond donors (Lipinski definition) is 0. The van der Waals surface area contributed by atoms with E-state index >= 15 is 0 Å². The number of Topliss-reactive ketones (excluding diaryl/α,β-unsaturated/α-hetero) is 1. The second-order valence-corrected chi connectivity index (χ2v) is 4.84. The lowest BCUT2D eigenvalue weighted by atomic mass is 10.1. The van der Waals surface area contributed by atoms with Crippen molar-refractivity contribution in [3.63, 3.8) is 0 Å². The van der Waals surface area contributed by atoms with Crippen LogP contribution in [0.4, 0.5) is 0 Å². The molecule has 0 unspecified atom stereocenters. The first-order valence-corrected chi connectivity index (χ1v) is 7.01. The Morgan fingerprint density at radius 1 is 1.18 bits per heavy atom. The Hall–Kier alpha value is -2.88. The van der Waals surface area contributed by atoms with Crippen molar-refractivity contribution in [3.05, 3.63) is 65.4 Å². The Morgan fingerprint density at radius 2 is 1.95 bits per heavy atom. The number of rotatable bonds is 3. The third-order valence-electron chi connectivity index (χ3n) is 3.26. The van der Waals surface area contributed by atoms with Crippen molar-refractivity contribution in [2.45, 2.75) is 13.3 Å². The molecule has 0 amide bonds. The molecule has 22 heavy (non-hydrogen) atoms. The van der Waals surface area contributed by atoms with Gasteiger partial charge in [0.1, 0.15) is 11.5 Å². The van der Waals surface area contributed by atoms with Crippen LogP contribution >= 0.6 is 0 Å². The number of ketones is 1. The van der Waals surface area contributed by atoms with Crippen molar-refractivity contribution in [1.82, 2.24) is 0 Å². The third-order valence-corrected chi connectivity index (χ3v) is 3.26. The molecule has 0 aromatic heterocycles. The molecule has 3 rings (SSSR count). The van der Waals surface area contributed by atoms with Crippen molar-refractivity contribution in [2.24, 2.45) is 0 Å². The maximum atomic E-state index is 12.3. The number of ether oxygens (including phenoxy) is 2. The smallest absolute Gasteiger partial charge is 0.310 e. The van der Waals surface area contributed by atoms with Crippen molar-refractivity contribution in [2.75, 3.05) is 0 Å². The normalized spacial score (nSPS) is 14.6. The van der Waals surface area contributed by atoms with Gasteiger partial charge in [-0.25, -0.2) is 0 Å². The lowest BCUT2D eigenvalue weighted by Gasteiger charge is -2.03. The van der Waals surface area contributed by atoms with E-state index in [1.165, 1.54) is 0 Å². The van der Waals surface area contributed by atoms with Crippen molar-refractivity contribution in [1.29, 1.82) is 0 Å². The van der Waals surface area contributed by atoms with Crippen molar-refractivity contribution in [3.8, 4) is 11.5 Å². The van der Waals surface area contributed by atoms with Gasteiger partial charge in [-0.05, 0) is 23.8 Å². The lowest BCUT2D eigenvalue weighted by molar-refractivity contribution is -0.134. The van der Waals surface area contributed by atoms with Crippen LogP contribution in [0.1, 0.15) is 29.3 Å². The second kappa shape index (κ2) is 5.85. The highest BCUT2D eigenvalue weighted by molar-refractivity contribution is 6.14. The van der Waals surface area contributed by atoms with E-state index in [0.717, 1.165) is 5.56 Å². The van der Waals surface area contributed by atoms with Crippen molar-refractivity contribution < 1.29 is 19.1 Å². The Labute approximate surface area is 128 Å². The van der Waals surface area contributed by atoms with Crippen molar-refractivity contribution >= 4 is 17.8 Å². The van der Waals surface area contributed by atoms with Crippen LogP contribution in [0.3, 0.4) is 0 Å². The summed E-state index contributed by atoms with van der Waals surface area (Å²) < 4.78 is 10.7. The van der Waals surface area contributed by atoms with E-state index in [1.54, 1.807) is 31.2 Å². The fourth-order valence-corrected chi connectivity index (χ4v) is 2.13. The topological polar surface area (TPSA) is 52.6 Å². The van der Waals surface area contributed by atoms with E-state index in [1.807, 2.05) is 30.3 Å². The minimum atomic E-state index is -0.329. The van der Waals surface area contributed by atoms with Gasteiger partial charge in [-0.3, -0.25) is 9.59 Å². The van der Waals surface area contributed by atoms with Crippen LogP contribution in [0.5, 0.6) is 11.5 Å². The average molecular weight is 294 g/mol. The third kappa shape index (κ3) is 2.76. The SMILES string of the molecule is CCC(=O)Oc1ccc2c(c1)O/C(=C/c1ccccc1)C2=O. The molecular formula is C18H14O4. The molecule has 0 saturated carbocycles. The molecule has 1 aliphatic rings. The van der Waals surface area contributed by atoms with E-state index in [-0.39, 0.29) is 23.9 Å². The predicted molar refractivity (Wildman–Crippen MR) is 81.7 cm³/mol. The lowest BCUT2D eigenvalue weighted by Crippen LogP contribution is -2.05. The highest BCUT2D eigenvalue weighted by Crippen LogP contribution is 2.34. The molecule has 0 spiro atoms. The maximum Gasteiger partial charge on any atom is 0.310 e. The molecule has 2 aromatic rings. The molecule has 0 fully saturated rings. The standard InChI is InChI=1S/C18H14O4/c1-2-17(19)21-13-8-9-14-15(11-13)22-16(18(14)20)10-12-6-4-3-5-7-12/h3-11H,2H2,1H3/b16-10+. The second-order valence-electron chi connectivity index (χ2n) is 4.84.